The fraction of sp³-hybridized carbons (Fsp3) is 0.500. The zero-order chi connectivity index (χ0) is 15.5. The highest BCUT2D eigenvalue weighted by atomic mass is 16.5. The Morgan fingerprint density at radius 3 is 2.64 bits per heavy atom. The van der Waals surface area contributed by atoms with Crippen molar-refractivity contribution in [1.29, 1.82) is 0 Å². The molecule has 6 heteroatoms. The van der Waals surface area contributed by atoms with E-state index in [9.17, 15) is 9.90 Å². The number of benzene rings is 1. The average Bonchev–Trinajstić information content (AvgIpc) is 2.53. The van der Waals surface area contributed by atoms with Crippen molar-refractivity contribution in [3.05, 3.63) is 40.3 Å². The Morgan fingerprint density at radius 2 is 1.91 bits per heavy atom. The quantitative estimate of drug-likeness (QED) is 0.885. The predicted octanol–water partition coefficient (Wildman–Crippen LogP) is 0.398. The third kappa shape index (κ3) is 3.19. The van der Waals surface area contributed by atoms with Gasteiger partial charge in [-0.1, -0.05) is 18.2 Å². The lowest BCUT2D eigenvalue weighted by Gasteiger charge is -2.28. The van der Waals surface area contributed by atoms with Gasteiger partial charge >= 0.3 is 0 Å². The van der Waals surface area contributed by atoms with Gasteiger partial charge in [-0.3, -0.25) is 9.69 Å². The summed E-state index contributed by atoms with van der Waals surface area (Å²) in [7, 11) is 0. The van der Waals surface area contributed by atoms with Gasteiger partial charge in [0.2, 0.25) is 0 Å². The van der Waals surface area contributed by atoms with Crippen LogP contribution >= 0.6 is 0 Å². The van der Waals surface area contributed by atoms with E-state index in [1.54, 1.807) is 6.07 Å². The molecular weight excluding hydrogens is 282 g/mol. The van der Waals surface area contributed by atoms with Crippen LogP contribution in [0.15, 0.2) is 29.1 Å². The molecule has 2 heterocycles. The fourth-order valence-corrected chi connectivity index (χ4v) is 2.87. The first-order valence-corrected chi connectivity index (χ1v) is 7.60. The van der Waals surface area contributed by atoms with Gasteiger partial charge in [0, 0.05) is 25.0 Å². The molecule has 0 unspecified atom stereocenters. The van der Waals surface area contributed by atoms with Gasteiger partial charge in [-0.25, -0.2) is 4.68 Å². The number of fused-ring (bicyclic) bond motifs is 1. The lowest BCUT2D eigenvalue weighted by Crippen LogP contribution is -2.43. The molecule has 1 N–H and O–H groups in total. The van der Waals surface area contributed by atoms with E-state index in [0.29, 0.717) is 25.1 Å². The molecule has 0 spiro atoms. The molecule has 2 aromatic rings. The van der Waals surface area contributed by atoms with Gasteiger partial charge in [0.1, 0.15) is 0 Å². The highest BCUT2D eigenvalue weighted by molar-refractivity contribution is 5.83. The Bertz CT molecular complexity index is 707. The summed E-state index contributed by atoms with van der Waals surface area (Å²) < 4.78 is 6.67. The highest BCUT2D eigenvalue weighted by Gasteiger charge is 2.17. The average molecular weight is 303 g/mol. The van der Waals surface area contributed by atoms with Crippen molar-refractivity contribution >= 4 is 10.8 Å². The van der Waals surface area contributed by atoms with Crippen molar-refractivity contribution in [1.82, 2.24) is 14.7 Å². The van der Waals surface area contributed by atoms with E-state index >= 15 is 0 Å². The summed E-state index contributed by atoms with van der Waals surface area (Å²) in [6, 6.07) is 7.44. The van der Waals surface area contributed by atoms with Crippen LogP contribution in [0.3, 0.4) is 0 Å². The Kier molecular flexibility index (Phi) is 4.52. The number of aryl methyl sites for hydroxylation is 1. The Hall–Kier alpha value is -1.76. The van der Waals surface area contributed by atoms with E-state index in [1.165, 1.54) is 4.68 Å². The summed E-state index contributed by atoms with van der Waals surface area (Å²) in [5.74, 6) is 0. The molecule has 1 atom stereocenters. The second kappa shape index (κ2) is 6.56. The van der Waals surface area contributed by atoms with E-state index in [0.717, 1.165) is 24.2 Å². The Balaban J connectivity index is 1.78. The van der Waals surface area contributed by atoms with Crippen LogP contribution in [0.5, 0.6) is 0 Å². The number of aliphatic hydroxyl groups excluding tert-OH is 1. The van der Waals surface area contributed by atoms with Crippen LogP contribution in [-0.4, -0.2) is 58.7 Å². The van der Waals surface area contributed by atoms with Gasteiger partial charge in [0.25, 0.3) is 5.56 Å². The molecule has 1 aliphatic rings. The minimum atomic E-state index is -0.621. The van der Waals surface area contributed by atoms with E-state index in [2.05, 4.69) is 10.00 Å². The summed E-state index contributed by atoms with van der Waals surface area (Å²) in [6.45, 7) is 5.64. The van der Waals surface area contributed by atoms with E-state index in [4.69, 9.17) is 4.74 Å². The monoisotopic (exact) mass is 303 g/mol. The minimum Gasteiger partial charge on any atom is -0.390 e. The van der Waals surface area contributed by atoms with Crippen molar-refractivity contribution in [2.75, 3.05) is 32.8 Å². The number of β-amino-alcohol motifs (C(OH)–C–C–N with tert-alkyl or cyclic N) is 1. The van der Waals surface area contributed by atoms with Crippen molar-refractivity contribution in [2.24, 2.45) is 0 Å². The van der Waals surface area contributed by atoms with Gasteiger partial charge in [-0.2, -0.15) is 5.10 Å². The SMILES string of the molecule is Cc1nn(C[C@@H](O)CN2CCOCC2)c(=O)c2ccccc12. The molecule has 0 bridgehead atoms. The lowest BCUT2D eigenvalue weighted by atomic mass is 10.1. The number of ether oxygens (including phenoxy) is 1. The summed E-state index contributed by atoms with van der Waals surface area (Å²) in [4.78, 5) is 14.6. The summed E-state index contributed by atoms with van der Waals surface area (Å²) in [5, 5.41) is 16.1. The zero-order valence-corrected chi connectivity index (χ0v) is 12.7. The maximum atomic E-state index is 12.5. The summed E-state index contributed by atoms with van der Waals surface area (Å²) >= 11 is 0. The van der Waals surface area contributed by atoms with Crippen LogP contribution in [0.1, 0.15) is 5.69 Å². The first-order valence-electron chi connectivity index (χ1n) is 7.60. The number of aromatic nitrogens is 2. The molecule has 3 rings (SSSR count). The second-order valence-electron chi connectivity index (χ2n) is 5.69. The van der Waals surface area contributed by atoms with Gasteiger partial charge < -0.3 is 9.84 Å². The molecule has 0 radical (unpaired) electrons. The molecule has 1 fully saturated rings. The van der Waals surface area contributed by atoms with Crippen molar-refractivity contribution < 1.29 is 9.84 Å². The fourth-order valence-electron chi connectivity index (χ4n) is 2.87. The van der Waals surface area contributed by atoms with Crippen molar-refractivity contribution in [3.8, 4) is 0 Å². The number of rotatable bonds is 4. The molecular formula is C16H21N3O3. The third-order valence-electron chi connectivity index (χ3n) is 4.01. The normalized spacial score (nSPS) is 17.7. The summed E-state index contributed by atoms with van der Waals surface area (Å²) in [6.07, 6.45) is -0.621. The number of aliphatic hydroxyl groups is 1. The lowest BCUT2D eigenvalue weighted by molar-refractivity contribution is 0.0105. The largest absolute Gasteiger partial charge is 0.390 e. The number of morpholine rings is 1. The molecule has 1 saturated heterocycles. The molecule has 0 amide bonds. The first-order chi connectivity index (χ1) is 10.6. The minimum absolute atomic E-state index is 0.151. The van der Waals surface area contributed by atoms with E-state index in [1.807, 2.05) is 25.1 Å². The van der Waals surface area contributed by atoms with Crippen LogP contribution in [0.2, 0.25) is 0 Å². The van der Waals surface area contributed by atoms with Gasteiger partial charge in [0.05, 0.1) is 36.9 Å². The Morgan fingerprint density at radius 1 is 1.23 bits per heavy atom. The highest BCUT2D eigenvalue weighted by Crippen LogP contribution is 2.12. The standard InChI is InChI=1S/C16H21N3O3/c1-12-14-4-2-3-5-15(14)16(21)19(17-12)11-13(20)10-18-6-8-22-9-7-18/h2-5,13,20H,6-11H2,1H3/t13-/m0/s1. The molecule has 0 aliphatic carbocycles. The second-order valence-corrected chi connectivity index (χ2v) is 5.69. The van der Waals surface area contributed by atoms with Crippen LogP contribution < -0.4 is 5.56 Å². The van der Waals surface area contributed by atoms with Crippen LogP contribution in [0.25, 0.3) is 10.8 Å². The maximum Gasteiger partial charge on any atom is 0.274 e. The first kappa shape index (κ1) is 15.1. The zero-order valence-electron chi connectivity index (χ0n) is 12.7. The topological polar surface area (TPSA) is 67.6 Å². The molecule has 22 heavy (non-hydrogen) atoms. The molecule has 118 valence electrons. The molecule has 6 nitrogen and oxygen atoms in total. The number of hydrogen-bond acceptors (Lipinski definition) is 5. The number of hydrogen-bond donors (Lipinski definition) is 1. The smallest absolute Gasteiger partial charge is 0.274 e. The van der Waals surface area contributed by atoms with Crippen LogP contribution in [-0.2, 0) is 11.3 Å². The van der Waals surface area contributed by atoms with Crippen molar-refractivity contribution in [3.63, 3.8) is 0 Å². The van der Waals surface area contributed by atoms with E-state index in [-0.39, 0.29) is 12.1 Å². The molecule has 1 aromatic heterocycles. The predicted molar refractivity (Wildman–Crippen MR) is 84.0 cm³/mol. The van der Waals surface area contributed by atoms with E-state index < -0.39 is 6.10 Å². The Labute approximate surface area is 128 Å². The molecule has 1 aliphatic heterocycles. The third-order valence-corrected chi connectivity index (χ3v) is 4.01. The number of nitrogens with zero attached hydrogens (tertiary/aromatic N) is 3. The molecule has 1 aromatic carbocycles. The van der Waals surface area contributed by atoms with Crippen LogP contribution in [0.4, 0.5) is 0 Å². The van der Waals surface area contributed by atoms with Crippen LogP contribution in [0, 0.1) is 6.92 Å². The summed E-state index contributed by atoms with van der Waals surface area (Å²) in [5.41, 5.74) is 0.649. The van der Waals surface area contributed by atoms with Gasteiger partial charge in [-0.05, 0) is 13.0 Å². The maximum absolute atomic E-state index is 12.5. The van der Waals surface area contributed by atoms with Gasteiger partial charge in [-0.15, -0.1) is 0 Å². The van der Waals surface area contributed by atoms with Crippen molar-refractivity contribution in [2.45, 2.75) is 19.6 Å². The molecule has 0 saturated carbocycles. The van der Waals surface area contributed by atoms with Gasteiger partial charge in [0.15, 0.2) is 0 Å².